The molecule has 0 aliphatic carbocycles. The van der Waals surface area contributed by atoms with Gasteiger partial charge >= 0.3 is 0 Å². The highest BCUT2D eigenvalue weighted by molar-refractivity contribution is 14.0. The molecule has 6 nitrogen and oxygen atoms in total. The molecular weight excluding hydrogens is 479 g/mol. The van der Waals surface area contributed by atoms with Crippen LogP contribution in [-0.2, 0) is 13.6 Å². The number of guanidine groups is 1. The third-order valence-corrected chi connectivity index (χ3v) is 4.01. The minimum absolute atomic E-state index is 0. The van der Waals surface area contributed by atoms with Crippen molar-refractivity contribution in [2.45, 2.75) is 26.3 Å². The van der Waals surface area contributed by atoms with Gasteiger partial charge in [0.05, 0.1) is 12.2 Å². The summed E-state index contributed by atoms with van der Waals surface area (Å²) >= 11 is 0. The number of nitrogens with zero attached hydrogens (tertiary/aromatic N) is 4. The molecule has 0 fully saturated rings. The van der Waals surface area contributed by atoms with Crippen molar-refractivity contribution in [3.05, 3.63) is 47.3 Å². The standard InChI is InChI=1S/C19H27F2N5O.HI/c1-13(2)18-14(12-26(5)24-18)11-25(4)19(22-3)23-8-9-27-15-6-7-16(20)17(21)10-15;/h6-7,10,12-13H,8-9,11H2,1-5H3,(H,22,23);1H. The van der Waals surface area contributed by atoms with E-state index in [0.29, 0.717) is 31.6 Å². The Morgan fingerprint density at radius 3 is 2.64 bits per heavy atom. The van der Waals surface area contributed by atoms with Crippen molar-refractivity contribution in [1.82, 2.24) is 20.0 Å². The summed E-state index contributed by atoms with van der Waals surface area (Å²) in [5, 5.41) is 7.72. The lowest BCUT2D eigenvalue weighted by Crippen LogP contribution is -2.40. The number of hydrogen-bond donors (Lipinski definition) is 1. The Kier molecular flexibility index (Phi) is 9.63. The normalized spacial score (nSPS) is 11.4. The van der Waals surface area contributed by atoms with Crippen LogP contribution in [0.25, 0.3) is 0 Å². The molecule has 0 unspecified atom stereocenters. The summed E-state index contributed by atoms with van der Waals surface area (Å²) < 4.78 is 33.3. The Balaban J connectivity index is 0.00000392. The first-order valence-electron chi connectivity index (χ1n) is 8.83. The molecule has 1 aromatic heterocycles. The lowest BCUT2D eigenvalue weighted by Gasteiger charge is -2.22. The van der Waals surface area contributed by atoms with Gasteiger partial charge in [-0.05, 0) is 18.1 Å². The molecule has 0 amide bonds. The Hall–Kier alpha value is -1.91. The van der Waals surface area contributed by atoms with E-state index in [1.807, 2.05) is 29.9 Å². The predicted octanol–water partition coefficient (Wildman–Crippen LogP) is 3.53. The fraction of sp³-hybridized carbons (Fsp3) is 0.474. The van der Waals surface area contributed by atoms with Crippen molar-refractivity contribution in [2.75, 3.05) is 27.2 Å². The van der Waals surface area contributed by atoms with Gasteiger partial charge in [-0.1, -0.05) is 13.8 Å². The molecule has 0 aliphatic heterocycles. The number of hydrogen-bond acceptors (Lipinski definition) is 3. The zero-order chi connectivity index (χ0) is 20.0. The lowest BCUT2D eigenvalue weighted by atomic mass is 10.1. The molecule has 0 radical (unpaired) electrons. The number of halogens is 3. The molecule has 2 rings (SSSR count). The second kappa shape index (κ2) is 11.2. The summed E-state index contributed by atoms with van der Waals surface area (Å²) in [6, 6.07) is 3.48. The molecule has 9 heteroatoms. The van der Waals surface area contributed by atoms with Crippen LogP contribution < -0.4 is 10.1 Å². The van der Waals surface area contributed by atoms with E-state index < -0.39 is 11.6 Å². The number of rotatable bonds is 7. The molecular formula is C19H28F2IN5O. The monoisotopic (exact) mass is 507 g/mol. The van der Waals surface area contributed by atoms with E-state index in [1.54, 1.807) is 7.05 Å². The SMILES string of the molecule is CN=C(NCCOc1ccc(F)c(F)c1)N(C)Cc1cn(C)nc1C(C)C.I. The molecule has 28 heavy (non-hydrogen) atoms. The van der Waals surface area contributed by atoms with E-state index in [9.17, 15) is 8.78 Å². The first kappa shape index (κ1) is 24.1. The van der Waals surface area contributed by atoms with Crippen LogP contribution in [-0.4, -0.2) is 47.9 Å². The van der Waals surface area contributed by atoms with Gasteiger partial charge < -0.3 is 15.0 Å². The van der Waals surface area contributed by atoms with E-state index in [0.717, 1.165) is 23.4 Å². The number of nitrogens with one attached hydrogen (secondary N) is 1. The highest BCUT2D eigenvalue weighted by Crippen LogP contribution is 2.18. The quantitative estimate of drug-likeness (QED) is 0.270. The van der Waals surface area contributed by atoms with Crippen LogP contribution in [0.5, 0.6) is 5.75 Å². The Morgan fingerprint density at radius 2 is 2.04 bits per heavy atom. The summed E-state index contributed by atoms with van der Waals surface area (Å²) in [4.78, 5) is 6.28. The Labute approximate surface area is 182 Å². The molecule has 1 N–H and O–H groups in total. The summed E-state index contributed by atoms with van der Waals surface area (Å²) in [5.41, 5.74) is 2.22. The average Bonchev–Trinajstić information content (AvgIpc) is 2.98. The first-order valence-corrected chi connectivity index (χ1v) is 8.83. The number of benzene rings is 1. The van der Waals surface area contributed by atoms with Gasteiger partial charge in [0, 0.05) is 45.5 Å². The maximum Gasteiger partial charge on any atom is 0.193 e. The number of aliphatic imine (C=N–C) groups is 1. The maximum absolute atomic E-state index is 13.2. The smallest absolute Gasteiger partial charge is 0.193 e. The molecule has 0 saturated heterocycles. The molecule has 156 valence electrons. The molecule has 0 atom stereocenters. The van der Waals surface area contributed by atoms with Gasteiger partial charge in [0.1, 0.15) is 12.4 Å². The van der Waals surface area contributed by atoms with Crippen LogP contribution in [0.4, 0.5) is 8.78 Å². The van der Waals surface area contributed by atoms with Gasteiger partial charge in [-0.15, -0.1) is 24.0 Å². The Bertz CT molecular complexity index is 795. The molecule has 2 aromatic rings. The van der Waals surface area contributed by atoms with Crippen LogP contribution in [0, 0.1) is 11.6 Å². The van der Waals surface area contributed by atoms with E-state index in [2.05, 4.69) is 29.3 Å². The van der Waals surface area contributed by atoms with Crippen molar-refractivity contribution in [2.24, 2.45) is 12.0 Å². The fourth-order valence-electron chi connectivity index (χ4n) is 2.78. The van der Waals surface area contributed by atoms with Gasteiger partial charge in [-0.3, -0.25) is 9.67 Å². The van der Waals surface area contributed by atoms with Crippen LogP contribution >= 0.6 is 24.0 Å². The summed E-state index contributed by atoms with van der Waals surface area (Å²) in [6.07, 6.45) is 2.02. The molecule has 0 spiro atoms. The van der Waals surface area contributed by atoms with E-state index in [1.165, 1.54) is 6.07 Å². The van der Waals surface area contributed by atoms with Gasteiger partial charge in [0.2, 0.25) is 0 Å². The molecule has 0 bridgehead atoms. The van der Waals surface area contributed by atoms with E-state index in [-0.39, 0.29) is 29.7 Å². The summed E-state index contributed by atoms with van der Waals surface area (Å²) in [5.74, 6) is -0.473. The summed E-state index contributed by atoms with van der Waals surface area (Å²) in [6.45, 7) is 5.68. The second-order valence-corrected chi connectivity index (χ2v) is 6.62. The van der Waals surface area contributed by atoms with Gasteiger partial charge in [0.25, 0.3) is 0 Å². The lowest BCUT2D eigenvalue weighted by molar-refractivity contribution is 0.316. The van der Waals surface area contributed by atoms with Gasteiger partial charge in [-0.25, -0.2) is 8.78 Å². The zero-order valence-corrected chi connectivity index (χ0v) is 19.2. The number of aryl methyl sites for hydroxylation is 1. The minimum atomic E-state index is -0.923. The highest BCUT2D eigenvalue weighted by Gasteiger charge is 2.15. The van der Waals surface area contributed by atoms with Crippen LogP contribution in [0.3, 0.4) is 0 Å². The molecule has 0 aliphatic rings. The largest absolute Gasteiger partial charge is 0.492 e. The molecule has 1 aromatic carbocycles. The first-order chi connectivity index (χ1) is 12.8. The molecule has 0 saturated carbocycles. The van der Waals surface area contributed by atoms with Gasteiger partial charge in [0.15, 0.2) is 17.6 Å². The highest BCUT2D eigenvalue weighted by atomic mass is 127. The molecule has 1 heterocycles. The van der Waals surface area contributed by atoms with Crippen LogP contribution in [0.1, 0.15) is 31.0 Å². The average molecular weight is 507 g/mol. The number of ether oxygens (including phenoxy) is 1. The van der Waals surface area contributed by atoms with E-state index in [4.69, 9.17) is 4.74 Å². The number of aromatic nitrogens is 2. The Morgan fingerprint density at radius 1 is 1.32 bits per heavy atom. The fourth-order valence-corrected chi connectivity index (χ4v) is 2.78. The van der Waals surface area contributed by atoms with Crippen LogP contribution in [0.2, 0.25) is 0 Å². The minimum Gasteiger partial charge on any atom is -0.492 e. The third-order valence-electron chi connectivity index (χ3n) is 4.01. The van der Waals surface area contributed by atoms with E-state index >= 15 is 0 Å². The van der Waals surface area contributed by atoms with Crippen molar-refractivity contribution >= 4 is 29.9 Å². The van der Waals surface area contributed by atoms with Crippen molar-refractivity contribution < 1.29 is 13.5 Å². The zero-order valence-electron chi connectivity index (χ0n) is 16.9. The van der Waals surface area contributed by atoms with Crippen LogP contribution in [0.15, 0.2) is 29.4 Å². The topological polar surface area (TPSA) is 54.7 Å². The second-order valence-electron chi connectivity index (χ2n) is 6.62. The van der Waals surface area contributed by atoms with Gasteiger partial charge in [-0.2, -0.15) is 5.10 Å². The third kappa shape index (κ3) is 6.61. The maximum atomic E-state index is 13.2. The van der Waals surface area contributed by atoms with Crippen molar-refractivity contribution in [3.63, 3.8) is 0 Å². The summed E-state index contributed by atoms with van der Waals surface area (Å²) in [7, 11) is 5.57. The van der Waals surface area contributed by atoms with Crippen molar-refractivity contribution in [1.29, 1.82) is 0 Å². The predicted molar refractivity (Wildman–Crippen MR) is 117 cm³/mol. The van der Waals surface area contributed by atoms with Crippen molar-refractivity contribution in [3.8, 4) is 5.75 Å².